The van der Waals surface area contributed by atoms with Crippen molar-refractivity contribution in [3.8, 4) is 5.75 Å². The number of ether oxygens (including phenoxy) is 1. The zero-order valence-corrected chi connectivity index (χ0v) is 18.5. The molecule has 0 radical (unpaired) electrons. The fraction of sp³-hybridized carbons (Fsp3) is 0.231. The number of carbonyl (C=O) groups is 2. The molecule has 6 nitrogen and oxygen atoms in total. The van der Waals surface area contributed by atoms with Crippen LogP contribution in [0.25, 0.3) is 5.76 Å². The lowest BCUT2D eigenvalue weighted by atomic mass is 9.99. The second kappa shape index (κ2) is 8.38. The Bertz CT molecular complexity index is 1220. The predicted octanol–water partition coefficient (Wildman–Crippen LogP) is 5.31. The molecule has 2 aromatic carbocycles. The Morgan fingerprint density at radius 3 is 2.44 bits per heavy atom. The first-order chi connectivity index (χ1) is 15.3. The van der Waals surface area contributed by atoms with Crippen LogP contribution in [0.15, 0.2) is 70.7 Å². The Morgan fingerprint density at radius 2 is 1.78 bits per heavy atom. The molecule has 32 heavy (non-hydrogen) atoms. The summed E-state index contributed by atoms with van der Waals surface area (Å²) < 4.78 is 11.5. The van der Waals surface area contributed by atoms with E-state index in [-0.39, 0.29) is 17.4 Å². The lowest BCUT2D eigenvalue weighted by molar-refractivity contribution is -0.132. The number of ketones is 1. The topological polar surface area (TPSA) is 80.0 Å². The number of hydrogen-bond donors (Lipinski definition) is 1. The highest BCUT2D eigenvalue weighted by molar-refractivity contribution is 6.51. The van der Waals surface area contributed by atoms with E-state index in [2.05, 4.69) is 0 Å². The molecule has 164 valence electrons. The van der Waals surface area contributed by atoms with Gasteiger partial charge in [0.2, 0.25) is 0 Å². The van der Waals surface area contributed by atoms with Gasteiger partial charge in [0.15, 0.2) is 0 Å². The van der Waals surface area contributed by atoms with E-state index in [1.807, 2.05) is 39.0 Å². The van der Waals surface area contributed by atoms with Gasteiger partial charge in [-0.1, -0.05) is 24.3 Å². The number of anilines is 1. The number of Topliss-reactive ketones (excluding diaryl/α,β-unsaturated/α-hetero) is 1. The lowest BCUT2D eigenvalue weighted by Gasteiger charge is -2.23. The van der Waals surface area contributed by atoms with Gasteiger partial charge in [-0.3, -0.25) is 14.5 Å². The molecule has 1 aromatic heterocycles. The molecule has 1 fully saturated rings. The SMILES string of the molecule is Cc1cccc(N2C(=O)C(=O)/C(=C(\O)c3cccc(OC(C)C)c3)C2c2ccc(C)o2)c1. The maximum absolute atomic E-state index is 13.2. The highest BCUT2D eigenvalue weighted by Crippen LogP contribution is 2.43. The number of amides is 1. The van der Waals surface area contributed by atoms with Gasteiger partial charge in [0.1, 0.15) is 29.1 Å². The smallest absolute Gasteiger partial charge is 0.300 e. The van der Waals surface area contributed by atoms with Crippen LogP contribution in [0.3, 0.4) is 0 Å². The maximum atomic E-state index is 13.2. The maximum Gasteiger partial charge on any atom is 0.300 e. The van der Waals surface area contributed by atoms with Gasteiger partial charge < -0.3 is 14.3 Å². The summed E-state index contributed by atoms with van der Waals surface area (Å²) in [5, 5.41) is 11.2. The van der Waals surface area contributed by atoms with Crippen molar-refractivity contribution in [3.05, 3.63) is 88.9 Å². The van der Waals surface area contributed by atoms with Crippen molar-refractivity contribution in [2.45, 2.75) is 39.8 Å². The standard InChI is InChI=1S/C26H25NO5/c1-15(2)31-20-10-6-8-18(14-20)24(28)22-23(21-12-11-17(4)32-21)27(26(30)25(22)29)19-9-5-7-16(3)13-19/h5-15,23,28H,1-4H3/b24-22-. The number of hydrogen-bond acceptors (Lipinski definition) is 5. The zero-order valence-electron chi connectivity index (χ0n) is 18.5. The van der Waals surface area contributed by atoms with Crippen LogP contribution >= 0.6 is 0 Å². The average Bonchev–Trinajstić information content (AvgIpc) is 3.28. The highest BCUT2D eigenvalue weighted by Gasteiger charge is 2.48. The molecular weight excluding hydrogens is 406 g/mol. The molecule has 0 spiro atoms. The van der Waals surface area contributed by atoms with Gasteiger partial charge in [-0.2, -0.15) is 0 Å². The van der Waals surface area contributed by atoms with Gasteiger partial charge in [-0.25, -0.2) is 0 Å². The van der Waals surface area contributed by atoms with E-state index in [0.717, 1.165) is 5.56 Å². The number of aliphatic hydroxyl groups is 1. The summed E-state index contributed by atoms with van der Waals surface area (Å²) in [6, 6.07) is 16.7. The Hall–Kier alpha value is -3.80. The first-order valence-corrected chi connectivity index (χ1v) is 10.5. The number of aliphatic hydroxyl groups excluding tert-OH is 1. The second-order valence-corrected chi connectivity index (χ2v) is 8.15. The number of furan rings is 1. The molecule has 1 atom stereocenters. The molecule has 1 amide bonds. The zero-order chi connectivity index (χ0) is 23.0. The van der Waals surface area contributed by atoms with Gasteiger partial charge in [-0.05, 0) is 69.7 Å². The molecule has 1 saturated heterocycles. The van der Waals surface area contributed by atoms with E-state index in [9.17, 15) is 14.7 Å². The summed E-state index contributed by atoms with van der Waals surface area (Å²) >= 11 is 0. The first-order valence-electron chi connectivity index (χ1n) is 10.5. The number of aryl methyl sites for hydroxylation is 2. The van der Waals surface area contributed by atoms with E-state index in [1.165, 1.54) is 4.90 Å². The summed E-state index contributed by atoms with van der Waals surface area (Å²) in [5.41, 5.74) is 1.87. The van der Waals surface area contributed by atoms with Gasteiger partial charge in [0, 0.05) is 11.3 Å². The van der Waals surface area contributed by atoms with Gasteiger partial charge in [0.25, 0.3) is 11.7 Å². The molecule has 1 unspecified atom stereocenters. The summed E-state index contributed by atoms with van der Waals surface area (Å²) in [6.45, 7) is 7.50. The van der Waals surface area contributed by atoms with E-state index in [1.54, 1.807) is 49.4 Å². The summed E-state index contributed by atoms with van der Waals surface area (Å²) in [6.07, 6.45) is -0.0506. The van der Waals surface area contributed by atoms with Crippen LogP contribution in [0.5, 0.6) is 5.75 Å². The molecule has 0 bridgehead atoms. The van der Waals surface area contributed by atoms with Crippen molar-refractivity contribution in [1.82, 2.24) is 0 Å². The molecule has 1 aliphatic heterocycles. The van der Waals surface area contributed by atoms with Crippen LogP contribution in [-0.4, -0.2) is 22.9 Å². The molecule has 1 N–H and O–H groups in total. The van der Waals surface area contributed by atoms with Crippen LogP contribution in [0, 0.1) is 13.8 Å². The molecule has 3 aromatic rings. The fourth-order valence-electron chi connectivity index (χ4n) is 3.89. The largest absolute Gasteiger partial charge is 0.507 e. The van der Waals surface area contributed by atoms with E-state index in [4.69, 9.17) is 9.15 Å². The van der Waals surface area contributed by atoms with Gasteiger partial charge in [-0.15, -0.1) is 0 Å². The third kappa shape index (κ3) is 3.91. The predicted molar refractivity (Wildman–Crippen MR) is 122 cm³/mol. The number of benzene rings is 2. The fourth-order valence-corrected chi connectivity index (χ4v) is 3.89. The van der Waals surface area contributed by atoms with Crippen molar-refractivity contribution in [2.24, 2.45) is 0 Å². The van der Waals surface area contributed by atoms with Gasteiger partial charge >= 0.3 is 0 Å². The lowest BCUT2D eigenvalue weighted by Crippen LogP contribution is -2.29. The first kappa shape index (κ1) is 21.4. The highest BCUT2D eigenvalue weighted by atomic mass is 16.5. The molecule has 0 saturated carbocycles. The number of carbonyl (C=O) groups excluding carboxylic acids is 2. The normalized spacial score (nSPS) is 17.9. The van der Waals surface area contributed by atoms with Crippen LogP contribution in [0.1, 0.15) is 42.5 Å². The van der Waals surface area contributed by atoms with Crippen molar-refractivity contribution in [1.29, 1.82) is 0 Å². The van der Waals surface area contributed by atoms with Crippen molar-refractivity contribution in [2.75, 3.05) is 4.90 Å². The van der Waals surface area contributed by atoms with Crippen LogP contribution in [0.4, 0.5) is 5.69 Å². The second-order valence-electron chi connectivity index (χ2n) is 8.15. The minimum Gasteiger partial charge on any atom is -0.507 e. The van der Waals surface area contributed by atoms with Crippen LogP contribution < -0.4 is 9.64 Å². The molecule has 0 aliphatic carbocycles. The van der Waals surface area contributed by atoms with E-state index in [0.29, 0.717) is 28.5 Å². The van der Waals surface area contributed by atoms with Crippen molar-refractivity contribution >= 4 is 23.1 Å². The molecule has 4 rings (SSSR count). The minimum atomic E-state index is -0.889. The monoisotopic (exact) mass is 431 g/mol. The minimum absolute atomic E-state index is 0.0208. The summed E-state index contributed by atoms with van der Waals surface area (Å²) in [4.78, 5) is 27.7. The van der Waals surface area contributed by atoms with E-state index < -0.39 is 17.7 Å². The van der Waals surface area contributed by atoms with E-state index >= 15 is 0 Å². The third-order valence-electron chi connectivity index (χ3n) is 5.23. The van der Waals surface area contributed by atoms with Crippen molar-refractivity contribution < 1.29 is 23.8 Å². The summed E-state index contributed by atoms with van der Waals surface area (Å²) in [5.74, 6) is -0.153. The molecule has 2 heterocycles. The number of nitrogens with zero attached hydrogens (tertiary/aromatic N) is 1. The molecule has 1 aliphatic rings. The summed E-state index contributed by atoms with van der Waals surface area (Å²) in [7, 11) is 0. The van der Waals surface area contributed by atoms with Crippen LogP contribution in [0.2, 0.25) is 0 Å². The Balaban J connectivity index is 1.90. The number of rotatable bonds is 5. The molecular formula is C26H25NO5. The molecule has 6 heteroatoms. The Kier molecular flexibility index (Phi) is 5.61. The average molecular weight is 431 g/mol. The Labute approximate surface area is 186 Å². The van der Waals surface area contributed by atoms with Crippen LogP contribution in [-0.2, 0) is 9.59 Å². The van der Waals surface area contributed by atoms with Crippen molar-refractivity contribution in [3.63, 3.8) is 0 Å². The quantitative estimate of drug-likeness (QED) is 0.336. The third-order valence-corrected chi connectivity index (χ3v) is 5.23. The van der Waals surface area contributed by atoms with Gasteiger partial charge in [0.05, 0.1) is 11.7 Å². The Morgan fingerprint density at radius 1 is 1.03 bits per heavy atom.